The number of alkyl halides is 3. The van der Waals surface area contributed by atoms with Gasteiger partial charge >= 0.3 is 18.1 Å². The van der Waals surface area contributed by atoms with Crippen molar-refractivity contribution in [3.63, 3.8) is 0 Å². The quantitative estimate of drug-likeness (QED) is 0.714. The summed E-state index contributed by atoms with van der Waals surface area (Å²) in [6.45, 7) is 0. The predicted molar refractivity (Wildman–Crippen MR) is 48.7 cm³/mol. The molecule has 1 aromatic heterocycles. The fourth-order valence-corrected chi connectivity index (χ4v) is 0.965. The highest BCUT2D eigenvalue weighted by atomic mass is 19.4. The molecule has 0 saturated heterocycles. The van der Waals surface area contributed by atoms with Crippen LogP contribution in [0.5, 0.6) is 0 Å². The zero-order valence-corrected chi connectivity index (χ0v) is 7.96. The third-order valence-electron chi connectivity index (χ3n) is 1.69. The first-order valence-electron chi connectivity index (χ1n) is 4.06. The van der Waals surface area contributed by atoms with Gasteiger partial charge in [0, 0.05) is 6.20 Å². The van der Waals surface area contributed by atoms with Gasteiger partial charge in [-0.2, -0.15) is 13.2 Å². The van der Waals surface area contributed by atoms with Crippen molar-refractivity contribution in [2.45, 2.75) is 6.18 Å². The Bertz CT molecular complexity index is 520. The van der Waals surface area contributed by atoms with E-state index in [2.05, 4.69) is 0 Å². The third-order valence-corrected chi connectivity index (χ3v) is 1.69. The maximum Gasteiger partial charge on any atom is 0.471 e. The molecular formula is C8H5F3N2O4. The molecule has 0 aromatic carbocycles. The average molecular weight is 250 g/mol. The molecule has 92 valence electrons. The zero-order chi connectivity index (χ0) is 13.2. The summed E-state index contributed by atoms with van der Waals surface area (Å²) in [4.78, 5) is 34.3. The van der Waals surface area contributed by atoms with Crippen molar-refractivity contribution >= 4 is 17.6 Å². The van der Waals surface area contributed by atoms with E-state index >= 15 is 0 Å². The first-order valence-corrected chi connectivity index (χ1v) is 4.06. The Labute approximate surface area is 91.1 Å². The number of carbonyl (C=O) groups is 2. The van der Waals surface area contributed by atoms with Crippen molar-refractivity contribution in [2.24, 2.45) is 0 Å². The summed E-state index contributed by atoms with van der Waals surface area (Å²) in [7, 11) is 0. The number of H-pyrrole nitrogens is 1. The highest BCUT2D eigenvalue weighted by Crippen LogP contribution is 2.18. The fourth-order valence-electron chi connectivity index (χ4n) is 0.965. The van der Waals surface area contributed by atoms with Crippen LogP contribution in [0, 0.1) is 0 Å². The van der Waals surface area contributed by atoms with Gasteiger partial charge in [0.15, 0.2) is 0 Å². The van der Waals surface area contributed by atoms with Crippen molar-refractivity contribution in [3.05, 3.63) is 28.2 Å². The minimum atomic E-state index is -5.21. The third kappa shape index (κ3) is 2.83. The van der Waals surface area contributed by atoms with E-state index in [1.54, 1.807) is 0 Å². The maximum absolute atomic E-state index is 11.9. The Morgan fingerprint density at radius 2 is 1.94 bits per heavy atom. The molecule has 0 fully saturated rings. The van der Waals surface area contributed by atoms with E-state index in [1.165, 1.54) is 5.32 Å². The molecule has 3 N–H and O–H groups in total. The number of carboxylic acids is 1. The van der Waals surface area contributed by atoms with E-state index in [9.17, 15) is 27.6 Å². The van der Waals surface area contributed by atoms with Gasteiger partial charge < -0.3 is 15.4 Å². The lowest BCUT2D eigenvalue weighted by molar-refractivity contribution is -0.167. The Balaban J connectivity index is 3.19. The smallest absolute Gasteiger partial charge is 0.471 e. The molecule has 0 spiro atoms. The van der Waals surface area contributed by atoms with Crippen LogP contribution in [-0.4, -0.2) is 28.1 Å². The molecule has 1 rings (SSSR count). The lowest BCUT2D eigenvalue weighted by Crippen LogP contribution is -2.33. The molecule has 17 heavy (non-hydrogen) atoms. The molecule has 0 atom stereocenters. The summed E-state index contributed by atoms with van der Waals surface area (Å²) >= 11 is 0. The summed E-state index contributed by atoms with van der Waals surface area (Å²) in [6, 6.07) is 0.857. The summed E-state index contributed by atoms with van der Waals surface area (Å²) in [5.41, 5.74) is -2.82. The van der Waals surface area contributed by atoms with Crippen molar-refractivity contribution in [2.75, 3.05) is 5.32 Å². The van der Waals surface area contributed by atoms with Gasteiger partial charge in [-0.3, -0.25) is 9.59 Å². The van der Waals surface area contributed by atoms with Gasteiger partial charge in [0.25, 0.3) is 5.56 Å². The van der Waals surface area contributed by atoms with Crippen LogP contribution in [0.2, 0.25) is 0 Å². The second-order valence-electron chi connectivity index (χ2n) is 2.85. The predicted octanol–water partition coefficient (Wildman–Crippen LogP) is 0.574. The number of carboxylic acid groups (broad SMARTS) is 1. The van der Waals surface area contributed by atoms with Crippen LogP contribution in [0.4, 0.5) is 18.9 Å². The number of aromatic nitrogens is 1. The van der Waals surface area contributed by atoms with Crippen LogP contribution >= 0.6 is 0 Å². The lowest BCUT2D eigenvalue weighted by atomic mass is 10.2. The highest BCUT2D eigenvalue weighted by molar-refractivity contribution is 6.01. The number of amides is 1. The molecule has 9 heteroatoms. The lowest BCUT2D eigenvalue weighted by Gasteiger charge is -2.08. The molecule has 1 amide bonds. The molecular weight excluding hydrogens is 245 g/mol. The van der Waals surface area contributed by atoms with Crippen molar-refractivity contribution in [1.82, 2.24) is 4.98 Å². The van der Waals surface area contributed by atoms with Gasteiger partial charge in [0.1, 0.15) is 5.69 Å². The van der Waals surface area contributed by atoms with E-state index in [4.69, 9.17) is 5.11 Å². The number of rotatable bonds is 2. The molecule has 0 saturated carbocycles. The van der Waals surface area contributed by atoms with E-state index in [0.717, 1.165) is 12.3 Å². The number of hydrogen-bond donors (Lipinski definition) is 3. The molecule has 0 aliphatic rings. The van der Waals surface area contributed by atoms with Crippen LogP contribution in [0.1, 0.15) is 10.4 Å². The SMILES string of the molecule is O=C(O)c1cc[nH]c(=O)c1NC(=O)C(F)(F)F. The summed E-state index contributed by atoms with van der Waals surface area (Å²) < 4.78 is 35.8. The number of halogens is 3. The number of carbonyl (C=O) groups excluding carboxylic acids is 1. The molecule has 0 unspecified atom stereocenters. The second-order valence-corrected chi connectivity index (χ2v) is 2.85. The topological polar surface area (TPSA) is 99.3 Å². The van der Waals surface area contributed by atoms with Crippen LogP contribution in [0.15, 0.2) is 17.1 Å². The number of aromatic carboxylic acids is 1. The fraction of sp³-hybridized carbons (Fsp3) is 0.125. The summed E-state index contributed by atoms with van der Waals surface area (Å²) in [6.07, 6.45) is -4.27. The second kappa shape index (κ2) is 4.28. The van der Waals surface area contributed by atoms with Crippen LogP contribution in [0.3, 0.4) is 0 Å². The van der Waals surface area contributed by atoms with E-state index in [0.29, 0.717) is 0 Å². The monoisotopic (exact) mass is 250 g/mol. The van der Waals surface area contributed by atoms with Crippen LogP contribution in [-0.2, 0) is 4.79 Å². The first-order chi connectivity index (χ1) is 7.73. The zero-order valence-electron chi connectivity index (χ0n) is 7.96. The van der Waals surface area contributed by atoms with Gasteiger partial charge in [-0.15, -0.1) is 0 Å². The Morgan fingerprint density at radius 3 is 2.41 bits per heavy atom. The molecule has 1 heterocycles. The first kappa shape index (κ1) is 12.7. The van der Waals surface area contributed by atoms with E-state index in [1.807, 2.05) is 4.98 Å². The van der Waals surface area contributed by atoms with Gasteiger partial charge in [-0.1, -0.05) is 0 Å². The minimum Gasteiger partial charge on any atom is -0.478 e. The number of nitrogens with one attached hydrogen (secondary N) is 2. The van der Waals surface area contributed by atoms with Gasteiger partial charge in [-0.25, -0.2) is 4.79 Å². The minimum absolute atomic E-state index is 0.730. The van der Waals surface area contributed by atoms with Crippen LogP contribution in [0.25, 0.3) is 0 Å². The van der Waals surface area contributed by atoms with Crippen molar-refractivity contribution < 1.29 is 27.9 Å². The molecule has 6 nitrogen and oxygen atoms in total. The number of hydrogen-bond acceptors (Lipinski definition) is 3. The van der Waals surface area contributed by atoms with Crippen molar-refractivity contribution in [1.29, 1.82) is 0 Å². The standard InChI is InChI=1S/C8H5F3N2O4/c9-8(10,11)7(17)13-4-3(6(15)16)1-2-12-5(4)14/h1-2H,(H,12,14)(H,13,17)(H,15,16). The van der Waals surface area contributed by atoms with Gasteiger partial charge in [0.05, 0.1) is 5.56 Å². The van der Waals surface area contributed by atoms with E-state index in [-0.39, 0.29) is 0 Å². The summed E-state index contributed by atoms with van der Waals surface area (Å²) in [5.74, 6) is -4.05. The van der Waals surface area contributed by atoms with Gasteiger partial charge in [0.2, 0.25) is 0 Å². The molecule has 0 aliphatic heterocycles. The summed E-state index contributed by atoms with van der Waals surface area (Å²) in [5, 5.41) is 9.83. The van der Waals surface area contributed by atoms with E-state index < -0.39 is 34.9 Å². The van der Waals surface area contributed by atoms with Gasteiger partial charge in [-0.05, 0) is 6.07 Å². The largest absolute Gasteiger partial charge is 0.478 e. The Morgan fingerprint density at radius 1 is 1.35 bits per heavy atom. The number of anilines is 1. The number of pyridine rings is 1. The maximum atomic E-state index is 11.9. The Kier molecular flexibility index (Phi) is 3.21. The number of aromatic amines is 1. The Hall–Kier alpha value is -2.32. The normalized spacial score (nSPS) is 11.0. The molecule has 0 aliphatic carbocycles. The molecule has 1 aromatic rings. The highest BCUT2D eigenvalue weighted by Gasteiger charge is 2.39. The average Bonchev–Trinajstić information content (AvgIpc) is 2.18. The van der Waals surface area contributed by atoms with Crippen LogP contribution < -0.4 is 10.9 Å². The van der Waals surface area contributed by atoms with Crippen molar-refractivity contribution in [3.8, 4) is 0 Å². The molecule has 0 radical (unpaired) electrons. The molecule has 0 bridgehead atoms.